The Hall–Kier alpha value is 0.279. The van der Waals surface area contributed by atoms with Crippen LogP contribution in [-0.2, 0) is 0 Å². The van der Waals surface area contributed by atoms with Crippen molar-refractivity contribution in [2.75, 3.05) is 0 Å². The first-order valence-corrected chi connectivity index (χ1v) is 15.7. The van der Waals surface area contributed by atoms with Crippen molar-refractivity contribution in [3.8, 4) is 0 Å². The van der Waals surface area contributed by atoms with Crippen LogP contribution in [0.1, 0.15) is 59.3 Å². The molecule has 0 aliphatic rings. The fourth-order valence-corrected chi connectivity index (χ4v) is 20.0. The molecule has 0 fully saturated rings. The molecule has 0 aromatic carbocycles. The molecule has 0 N–H and O–H groups in total. The maximum atomic E-state index is 4.10. The summed E-state index contributed by atoms with van der Waals surface area (Å²) in [5.74, 6) is 0. The van der Waals surface area contributed by atoms with Gasteiger partial charge in [0, 0.05) is 0 Å². The molecule has 106 valence electrons. The van der Waals surface area contributed by atoms with Crippen molar-refractivity contribution in [1.29, 1.82) is 0 Å². The fraction of sp³-hybridized carbons (Fsp3) is 0.765. The number of hydrogen-bond donors (Lipinski definition) is 0. The Morgan fingerprint density at radius 2 is 1.11 bits per heavy atom. The zero-order valence-electron chi connectivity index (χ0n) is 13.0. The number of unbranched alkanes of at least 4 members (excludes halogenated alkanes) is 3. The molecule has 18 heavy (non-hydrogen) atoms. The summed E-state index contributed by atoms with van der Waals surface area (Å²) in [5.41, 5.74) is 0. The van der Waals surface area contributed by atoms with Crippen LogP contribution >= 0.6 is 0 Å². The number of hydrogen-bond acceptors (Lipinski definition) is 0. The van der Waals surface area contributed by atoms with E-state index in [2.05, 4.69) is 46.1 Å². The van der Waals surface area contributed by atoms with Gasteiger partial charge in [0.15, 0.2) is 0 Å². The average Bonchev–Trinajstić information content (AvgIpc) is 2.41. The summed E-state index contributed by atoms with van der Waals surface area (Å²) in [6.45, 7) is 15.2. The Morgan fingerprint density at radius 1 is 0.778 bits per heavy atom. The van der Waals surface area contributed by atoms with Gasteiger partial charge in [-0.3, -0.25) is 0 Å². The summed E-state index contributed by atoms with van der Waals surface area (Å²) in [6.07, 6.45) is 12.8. The van der Waals surface area contributed by atoms with Crippen LogP contribution in [-0.4, -0.2) is 18.4 Å². The van der Waals surface area contributed by atoms with Crippen LogP contribution in [0.4, 0.5) is 0 Å². The van der Waals surface area contributed by atoms with Crippen molar-refractivity contribution >= 4 is 18.4 Å². The summed E-state index contributed by atoms with van der Waals surface area (Å²) in [6, 6.07) is 0. The molecule has 0 aromatic heterocycles. The minimum absolute atomic E-state index is 0.698. The molecule has 0 unspecified atom stereocenters. The van der Waals surface area contributed by atoms with Crippen LogP contribution in [0.15, 0.2) is 25.3 Å². The van der Waals surface area contributed by atoms with Crippen molar-refractivity contribution in [1.82, 2.24) is 0 Å². The maximum absolute atomic E-state index is 4.10. The van der Waals surface area contributed by atoms with Gasteiger partial charge in [0.25, 0.3) is 0 Å². The van der Waals surface area contributed by atoms with Gasteiger partial charge >= 0.3 is 120 Å². The molecule has 0 aliphatic carbocycles. The summed E-state index contributed by atoms with van der Waals surface area (Å²) >= 11 is -2.07. The summed E-state index contributed by atoms with van der Waals surface area (Å²) < 4.78 is 5.35. The van der Waals surface area contributed by atoms with Gasteiger partial charge < -0.3 is 0 Å². The standard InChI is InChI=1S/C5H7.3C4H9.Sn/c1-3-5-4-2;3*1-3-4-2;/h3-5H,1-2H2;3*1,3-4H2,2H3;. The van der Waals surface area contributed by atoms with Gasteiger partial charge in [-0.15, -0.1) is 0 Å². The van der Waals surface area contributed by atoms with E-state index in [9.17, 15) is 0 Å². The van der Waals surface area contributed by atoms with Gasteiger partial charge in [-0.05, 0) is 0 Å². The zero-order chi connectivity index (χ0) is 13.9. The Morgan fingerprint density at radius 3 is 1.33 bits per heavy atom. The van der Waals surface area contributed by atoms with E-state index in [1.54, 1.807) is 13.3 Å². The molecule has 0 bridgehead atoms. The van der Waals surface area contributed by atoms with Gasteiger partial charge in [0.1, 0.15) is 0 Å². The van der Waals surface area contributed by atoms with Crippen molar-refractivity contribution in [3.05, 3.63) is 25.3 Å². The van der Waals surface area contributed by atoms with Gasteiger partial charge in [-0.1, -0.05) is 0 Å². The van der Waals surface area contributed by atoms with E-state index in [1.165, 1.54) is 38.5 Å². The molecule has 0 radical (unpaired) electrons. The first kappa shape index (κ1) is 18.3. The van der Waals surface area contributed by atoms with Crippen molar-refractivity contribution in [2.24, 2.45) is 0 Å². The molecule has 0 amide bonds. The molecule has 1 heteroatoms. The predicted octanol–water partition coefficient (Wildman–Crippen LogP) is 6.58. The first-order chi connectivity index (χ1) is 8.70. The second-order valence-electron chi connectivity index (χ2n) is 5.67. The van der Waals surface area contributed by atoms with Crippen LogP contribution in [0.2, 0.25) is 17.2 Å². The minimum atomic E-state index is -2.07. The third kappa shape index (κ3) is 5.95. The van der Waals surface area contributed by atoms with Crippen LogP contribution < -0.4 is 0 Å². The monoisotopic (exact) mass is 358 g/mol. The topological polar surface area (TPSA) is 0 Å². The zero-order valence-corrected chi connectivity index (χ0v) is 15.9. The van der Waals surface area contributed by atoms with E-state index < -0.39 is 18.4 Å². The molecule has 0 aliphatic heterocycles. The van der Waals surface area contributed by atoms with Crippen molar-refractivity contribution < 1.29 is 0 Å². The van der Waals surface area contributed by atoms with E-state index >= 15 is 0 Å². The molecule has 0 saturated carbocycles. The van der Waals surface area contributed by atoms with Gasteiger partial charge in [0.2, 0.25) is 0 Å². The molecule has 0 aromatic rings. The summed E-state index contributed by atoms with van der Waals surface area (Å²) in [7, 11) is 0. The van der Waals surface area contributed by atoms with Crippen LogP contribution in [0.5, 0.6) is 0 Å². The quantitative estimate of drug-likeness (QED) is 0.273. The van der Waals surface area contributed by atoms with E-state index in [0.29, 0.717) is 3.93 Å². The number of allylic oxidation sites excluding steroid dienone is 2. The van der Waals surface area contributed by atoms with Crippen LogP contribution in [0.25, 0.3) is 0 Å². The van der Waals surface area contributed by atoms with Crippen LogP contribution in [0.3, 0.4) is 0 Å². The molecule has 0 saturated heterocycles. The van der Waals surface area contributed by atoms with Crippen molar-refractivity contribution in [3.63, 3.8) is 0 Å². The Labute approximate surface area is 120 Å². The van der Waals surface area contributed by atoms with Crippen molar-refractivity contribution in [2.45, 2.75) is 76.5 Å². The van der Waals surface area contributed by atoms with Gasteiger partial charge in [-0.2, -0.15) is 0 Å². The second kappa shape index (κ2) is 11.1. The molecule has 0 rings (SSSR count). The first-order valence-electron chi connectivity index (χ1n) is 7.95. The van der Waals surface area contributed by atoms with Gasteiger partial charge in [0.05, 0.1) is 0 Å². The third-order valence-corrected chi connectivity index (χ3v) is 21.2. The molecule has 0 spiro atoms. The van der Waals surface area contributed by atoms with E-state index in [0.717, 1.165) is 0 Å². The van der Waals surface area contributed by atoms with E-state index in [-0.39, 0.29) is 0 Å². The third-order valence-electron chi connectivity index (χ3n) is 4.30. The summed E-state index contributed by atoms with van der Waals surface area (Å²) in [4.78, 5) is 0. The Balaban J connectivity index is 4.94. The Kier molecular flexibility index (Phi) is 11.3. The second-order valence-corrected chi connectivity index (χ2v) is 19.6. The average molecular weight is 357 g/mol. The normalized spacial score (nSPS) is 11.8. The molecular formula is C17H34Sn. The van der Waals surface area contributed by atoms with Gasteiger partial charge in [-0.25, -0.2) is 0 Å². The number of rotatable bonds is 12. The predicted molar refractivity (Wildman–Crippen MR) is 89.0 cm³/mol. The fourth-order valence-electron chi connectivity index (χ4n) is 3.06. The van der Waals surface area contributed by atoms with E-state index in [1.807, 2.05) is 0 Å². The molecular weight excluding hydrogens is 323 g/mol. The Bertz CT molecular complexity index is 190. The molecule has 0 atom stereocenters. The molecule has 0 heterocycles. The SMILES string of the molecule is C=C[CH](C=C)[Sn]([CH2]CCC)([CH2]CCC)[CH2]CCC. The van der Waals surface area contributed by atoms with Crippen LogP contribution in [0, 0.1) is 0 Å². The molecule has 0 nitrogen and oxygen atoms in total. The van der Waals surface area contributed by atoms with E-state index in [4.69, 9.17) is 0 Å². The summed E-state index contributed by atoms with van der Waals surface area (Å²) in [5, 5.41) is 0.